The van der Waals surface area contributed by atoms with E-state index < -0.39 is 10.9 Å². The van der Waals surface area contributed by atoms with Crippen LogP contribution in [-0.2, 0) is 4.74 Å². The van der Waals surface area contributed by atoms with E-state index in [1.54, 1.807) is 0 Å². The topological polar surface area (TPSA) is 102 Å². The molecule has 0 saturated carbocycles. The molecule has 1 rings (SSSR count). The summed E-state index contributed by atoms with van der Waals surface area (Å²) in [5, 5.41) is 22.3. The molecule has 0 aliphatic heterocycles. The zero-order valence-electron chi connectivity index (χ0n) is 9.88. The summed E-state index contributed by atoms with van der Waals surface area (Å²) in [6, 6.07) is 4.16. The number of benzene rings is 1. The lowest BCUT2D eigenvalue weighted by molar-refractivity contribution is -0.384. The molecule has 98 valence electrons. The van der Waals surface area contributed by atoms with Gasteiger partial charge in [0.15, 0.2) is 0 Å². The predicted octanol–water partition coefficient (Wildman–Crippen LogP) is 1.18. The van der Waals surface area contributed by atoms with Gasteiger partial charge in [0, 0.05) is 19.2 Å². The summed E-state index contributed by atoms with van der Waals surface area (Å²) in [5.74, 6) is -0.648. The van der Waals surface area contributed by atoms with Gasteiger partial charge in [-0.1, -0.05) is 6.07 Å². The molecule has 18 heavy (non-hydrogen) atoms. The van der Waals surface area contributed by atoms with Crippen LogP contribution < -0.4 is 5.32 Å². The van der Waals surface area contributed by atoms with Gasteiger partial charge in [-0.15, -0.1) is 0 Å². The standard InChI is InChI=1S/C11H14N2O5/c1-18-11(15)8-4-2-5-9(13(16)17)10(8)12-6-3-7-14/h2,4-5,12,14H,3,6-7H2,1H3. The van der Waals surface area contributed by atoms with Gasteiger partial charge in [-0.25, -0.2) is 4.79 Å². The van der Waals surface area contributed by atoms with Crippen LogP contribution >= 0.6 is 0 Å². The van der Waals surface area contributed by atoms with Gasteiger partial charge in [-0.3, -0.25) is 10.1 Å². The smallest absolute Gasteiger partial charge is 0.340 e. The molecule has 7 nitrogen and oxygen atoms in total. The average molecular weight is 254 g/mol. The maximum atomic E-state index is 11.5. The molecule has 1 aromatic rings. The van der Waals surface area contributed by atoms with Crippen molar-refractivity contribution in [2.75, 3.05) is 25.6 Å². The van der Waals surface area contributed by atoms with Crippen molar-refractivity contribution in [2.24, 2.45) is 0 Å². The number of nitrogens with one attached hydrogen (secondary N) is 1. The fraction of sp³-hybridized carbons (Fsp3) is 0.364. The largest absolute Gasteiger partial charge is 0.465 e. The molecule has 2 N–H and O–H groups in total. The number of para-hydroxylation sites is 1. The van der Waals surface area contributed by atoms with Crippen LogP contribution in [0.3, 0.4) is 0 Å². The van der Waals surface area contributed by atoms with E-state index in [1.807, 2.05) is 0 Å². The number of carbonyl (C=O) groups excluding carboxylic acids is 1. The molecular weight excluding hydrogens is 240 g/mol. The number of esters is 1. The highest BCUT2D eigenvalue weighted by Gasteiger charge is 2.21. The third-order valence-electron chi connectivity index (χ3n) is 2.28. The summed E-state index contributed by atoms with van der Waals surface area (Å²) in [4.78, 5) is 21.8. The fourth-order valence-corrected chi connectivity index (χ4v) is 1.45. The van der Waals surface area contributed by atoms with Gasteiger partial charge in [-0.05, 0) is 12.5 Å². The first-order chi connectivity index (χ1) is 8.61. The molecule has 0 atom stereocenters. The minimum atomic E-state index is -0.648. The Labute approximate surface area is 104 Å². The van der Waals surface area contributed by atoms with Crippen molar-refractivity contribution in [2.45, 2.75) is 6.42 Å². The van der Waals surface area contributed by atoms with Gasteiger partial charge in [-0.2, -0.15) is 0 Å². The Hall–Kier alpha value is -2.15. The number of carbonyl (C=O) groups is 1. The molecule has 0 amide bonds. The van der Waals surface area contributed by atoms with E-state index in [0.29, 0.717) is 13.0 Å². The lowest BCUT2D eigenvalue weighted by atomic mass is 10.1. The molecule has 0 bridgehead atoms. The highest BCUT2D eigenvalue weighted by Crippen LogP contribution is 2.28. The SMILES string of the molecule is COC(=O)c1cccc([N+](=O)[O-])c1NCCCO. The lowest BCUT2D eigenvalue weighted by Gasteiger charge is -2.10. The number of ether oxygens (including phenoxy) is 1. The molecule has 0 heterocycles. The van der Waals surface area contributed by atoms with Crippen molar-refractivity contribution < 1.29 is 19.6 Å². The van der Waals surface area contributed by atoms with Gasteiger partial charge < -0.3 is 15.2 Å². The number of anilines is 1. The van der Waals surface area contributed by atoms with Crippen molar-refractivity contribution in [3.63, 3.8) is 0 Å². The van der Waals surface area contributed by atoms with Crippen LogP contribution in [0.5, 0.6) is 0 Å². The molecule has 7 heteroatoms. The summed E-state index contributed by atoms with van der Waals surface area (Å²) >= 11 is 0. The summed E-state index contributed by atoms with van der Waals surface area (Å²) in [5.41, 5.74) is 0.0169. The Balaban J connectivity index is 3.12. The van der Waals surface area contributed by atoms with E-state index in [9.17, 15) is 14.9 Å². The molecule has 0 aromatic heterocycles. The molecule has 0 aliphatic rings. The number of aliphatic hydroxyl groups excluding tert-OH is 1. The first-order valence-corrected chi connectivity index (χ1v) is 5.32. The second-order valence-electron chi connectivity index (χ2n) is 3.45. The highest BCUT2D eigenvalue weighted by molar-refractivity contribution is 5.98. The maximum absolute atomic E-state index is 11.5. The number of hydrogen-bond acceptors (Lipinski definition) is 6. The van der Waals surface area contributed by atoms with E-state index in [0.717, 1.165) is 0 Å². The third kappa shape index (κ3) is 3.17. The summed E-state index contributed by atoms with van der Waals surface area (Å²) < 4.78 is 4.57. The second-order valence-corrected chi connectivity index (χ2v) is 3.45. The van der Waals surface area contributed by atoms with Crippen molar-refractivity contribution in [3.05, 3.63) is 33.9 Å². The fourth-order valence-electron chi connectivity index (χ4n) is 1.45. The Morgan fingerprint density at radius 3 is 2.83 bits per heavy atom. The number of methoxy groups -OCH3 is 1. The normalized spacial score (nSPS) is 9.89. The van der Waals surface area contributed by atoms with Crippen molar-refractivity contribution in [3.8, 4) is 0 Å². The first kappa shape index (κ1) is 13.9. The van der Waals surface area contributed by atoms with E-state index in [4.69, 9.17) is 5.11 Å². The Kier molecular flexibility index (Phi) is 5.06. The number of nitro groups is 1. The second kappa shape index (κ2) is 6.55. The minimum Gasteiger partial charge on any atom is -0.465 e. The monoisotopic (exact) mass is 254 g/mol. The zero-order chi connectivity index (χ0) is 13.5. The average Bonchev–Trinajstić information content (AvgIpc) is 2.38. The van der Waals surface area contributed by atoms with Crippen LogP contribution in [0.4, 0.5) is 11.4 Å². The van der Waals surface area contributed by atoms with E-state index in [1.165, 1.54) is 25.3 Å². The van der Waals surface area contributed by atoms with Gasteiger partial charge in [0.2, 0.25) is 0 Å². The van der Waals surface area contributed by atoms with Gasteiger partial charge >= 0.3 is 5.97 Å². The highest BCUT2D eigenvalue weighted by atomic mass is 16.6. The molecule has 1 aromatic carbocycles. The zero-order valence-corrected chi connectivity index (χ0v) is 9.88. The maximum Gasteiger partial charge on any atom is 0.340 e. The van der Waals surface area contributed by atoms with Crippen molar-refractivity contribution in [1.82, 2.24) is 0 Å². The Morgan fingerprint density at radius 1 is 1.56 bits per heavy atom. The van der Waals surface area contributed by atoms with Crippen LogP contribution in [0.25, 0.3) is 0 Å². The number of nitro benzene ring substituents is 1. The molecule has 0 aliphatic carbocycles. The van der Waals surface area contributed by atoms with Gasteiger partial charge in [0.1, 0.15) is 5.69 Å². The van der Waals surface area contributed by atoms with Gasteiger partial charge in [0.25, 0.3) is 5.69 Å². The Bertz CT molecular complexity index is 447. The van der Waals surface area contributed by atoms with E-state index in [2.05, 4.69) is 10.1 Å². The summed E-state index contributed by atoms with van der Waals surface area (Å²) in [7, 11) is 1.21. The lowest BCUT2D eigenvalue weighted by Crippen LogP contribution is -2.12. The molecule has 0 fully saturated rings. The van der Waals surface area contributed by atoms with E-state index >= 15 is 0 Å². The third-order valence-corrected chi connectivity index (χ3v) is 2.28. The molecule has 0 unspecified atom stereocenters. The minimum absolute atomic E-state index is 0.0405. The van der Waals surface area contributed by atoms with E-state index in [-0.39, 0.29) is 23.5 Å². The summed E-state index contributed by atoms with van der Waals surface area (Å²) in [6.45, 7) is 0.284. The van der Waals surface area contributed by atoms with Gasteiger partial charge in [0.05, 0.1) is 17.6 Å². The van der Waals surface area contributed by atoms with Crippen LogP contribution in [0.2, 0.25) is 0 Å². The quantitative estimate of drug-likeness (QED) is 0.342. The number of hydrogen-bond donors (Lipinski definition) is 2. The number of rotatable bonds is 6. The molecule has 0 saturated heterocycles. The summed E-state index contributed by atoms with van der Waals surface area (Å²) in [6.07, 6.45) is 0.423. The van der Waals surface area contributed by atoms with Crippen molar-refractivity contribution in [1.29, 1.82) is 0 Å². The van der Waals surface area contributed by atoms with Crippen LogP contribution in [0, 0.1) is 10.1 Å². The van der Waals surface area contributed by atoms with Crippen molar-refractivity contribution >= 4 is 17.3 Å². The first-order valence-electron chi connectivity index (χ1n) is 5.32. The number of nitrogens with zero attached hydrogens (tertiary/aromatic N) is 1. The molecule has 0 radical (unpaired) electrons. The van der Waals surface area contributed by atoms with Crippen LogP contribution in [0.15, 0.2) is 18.2 Å². The Morgan fingerprint density at radius 2 is 2.28 bits per heavy atom. The predicted molar refractivity (Wildman–Crippen MR) is 64.6 cm³/mol. The molecule has 0 spiro atoms. The van der Waals surface area contributed by atoms with Crippen LogP contribution in [-0.4, -0.2) is 36.3 Å². The van der Waals surface area contributed by atoms with Crippen LogP contribution in [0.1, 0.15) is 16.8 Å². The number of aliphatic hydroxyl groups is 1. The molecular formula is C11H14N2O5.